The second-order valence-corrected chi connectivity index (χ2v) is 11.5. The van der Waals surface area contributed by atoms with Crippen LogP contribution in [0, 0.1) is 0 Å². The molecular weight excluding hydrogens is 439 g/mol. The van der Waals surface area contributed by atoms with Crippen molar-refractivity contribution in [2.24, 2.45) is 0 Å². The van der Waals surface area contributed by atoms with E-state index in [0.717, 1.165) is 25.7 Å². The molecule has 0 spiro atoms. The fourth-order valence-electron chi connectivity index (χ4n) is 3.82. The first kappa shape index (κ1) is 32.5. The summed E-state index contributed by atoms with van der Waals surface area (Å²) in [5, 5.41) is 0. The van der Waals surface area contributed by atoms with Gasteiger partial charge in [-0.1, -0.05) is 129 Å². The zero-order valence-corrected chi connectivity index (χ0v) is 23.4. The van der Waals surface area contributed by atoms with Crippen LogP contribution in [0.2, 0.25) is 0 Å². The number of hydrogen-bond acceptors (Lipinski definition) is 5. The number of hydrogen-bond donors (Lipinski definition) is 1. The minimum atomic E-state index is -3.51. The number of phosphoric ester groups is 1. The van der Waals surface area contributed by atoms with E-state index >= 15 is 0 Å². The first-order chi connectivity index (χ1) is 15.5. The molecule has 0 aliphatic heterocycles. The molecule has 0 aromatic carbocycles. The van der Waals surface area contributed by atoms with Gasteiger partial charge in [-0.25, -0.2) is 4.57 Å². The fraction of sp³-hybridized carbons (Fsp3) is 1.00. The Bertz CT molecular complexity index is 391. The van der Waals surface area contributed by atoms with Gasteiger partial charge in [0.05, 0.1) is 13.2 Å². The van der Waals surface area contributed by atoms with Crippen molar-refractivity contribution in [3.63, 3.8) is 0 Å². The van der Waals surface area contributed by atoms with Crippen LogP contribution in [0.1, 0.15) is 149 Å². The lowest BCUT2D eigenvalue weighted by molar-refractivity contribution is 0.107. The van der Waals surface area contributed by atoms with E-state index < -0.39 is 13.3 Å². The highest BCUT2D eigenvalue weighted by Gasteiger charge is 2.28. The van der Waals surface area contributed by atoms with Gasteiger partial charge in [0.25, 0.3) is 0 Å². The summed E-state index contributed by atoms with van der Waals surface area (Å²) in [4.78, 5) is 0. The van der Waals surface area contributed by atoms with E-state index in [1.54, 1.807) is 6.92 Å². The van der Waals surface area contributed by atoms with E-state index in [0.29, 0.717) is 13.2 Å². The van der Waals surface area contributed by atoms with Crippen LogP contribution in [0.5, 0.6) is 0 Å². The van der Waals surface area contributed by atoms with Crippen molar-refractivity contribution in [2.45, 2.75) is 155 Å². The zero-order valence-electron chi connectivity index (χ0n) is 21.7. The Morgan fingerprint density at radius 3 is 1.12 bits per heavy atom. The average molecular weight is 495 g/mol. The monoisotopic (exact) mass is 494 g/mol. The largest absolute Gasteiger partial charge is 0.475 e. The third kappa shape index (κ3) is 23.6. The Kier molecular flexibility index (Phi) is 24.9. The smallest absolute Gasteiger partial charge is 0.287 e. The van der Waals surface area contributed by atoms with Crippen LogP contribution in [0.25, 0.3) is 0 Å². The summed E-state index contributed by atoms with van der Waals surface area (Å²) in [6.07, 6.45) is 25.2. The van der Waals surface area contributed by atoms with E-state index in [1.165, 1.54) is 103 Å². The molecule has 0 aromatic heterocycles. The molecule has 0 amide bonds. The summed E-state index contributed by atoms with van der Waals surface area (Å²) in [7, 11) is -3.51. The fourth-order valence-corrected chi connectivity index (χ4v) is 5.44. The quantitative estimate of drug-likeness (QED) is 0.0562. The molecule has 0 fully saturated rings. The topological polar surface area (TPSA) is 44.8 Å². The Hall–Kier alpha value is 0.460. The van der Waals surface area contributed by atoms with Gasteiger partial charge in [0.15, 0.2) is 0 Å². The Morgan fingerprint density at radius 1 is 0.562 bits per heavy atom. The maximum Gasteiger partial charge on any atom is 0.475 e. The van der Waals surface area contributed by atoms with Crippen molar-refractivity contribution in [3.05, 3.63) is 0 Å². The zero-order chi connectivity index (χ0) is 23.8. The molecular formula is C26H55O4PS. The first-order valence-electron chi connectivity index (χ1n) is 13.8. The van der Waals surface area contributed by atoms with Crippen LogP contribution < -0.4 is 0 Å². The number of unbranched alkanes of at least 4 members (excludes halogenated alkanes) is 18. The molecule has 194 valence electrons. The van der Waals surface area contributed by atoms with Gasteiger partial charge in [-0.2, -0.15) is 0 Å². The summed E-state index contributed by atoms with van der Waals surface area (Å²) in [6.45, 7) is 7.10. The number of rotatable bonds is 26. The maximum atomic E-state index is 12.8. The molecule has 0 heterocycles. The normalized spacial score (nSPS) is 13.0. The highest BCUT2D eigenvalue weighted by molar-refractivity contribution is 7.81. The lowest BCUT2D eigenvalue weighted by atomic mass is 10.1. The predicted octanol–water partition coefficient (Wildman–Crippen LogP) is 10.3. The summed E-state index contributed by atoms with van der Waals surface area (Å²) < 4.78 is 29.4. The second-order valence-electron chi connectivity index (χ2n) is 9.18. The van der Waals surface area contributed by atoms with Crippen LogP contribution in [0.4, 0.5) is 0 Å². The number of phosphoric acid groups is 1. The average Bonchev–Trinajstić information content (AvgIpc) is 2.75. The molecule has 0 N–H and O–H groups in total. The van der Waals surface area contributed by atoms with Crippen LogP contribution in [-0.4, -0.2) is 18.6 Å². The Morgan fingerprint density at radius 2 is 0.844 bits per heavy atom. The van der Waals surface area contributed by atoms with Gasteiger partial charge < -0.3 is 0 Å². The molecule has 32 heavy (non-hydrogen) atoms. The summed E-state index contributed by atoms with van der Waals surface area (Å²) in [5.74, 6) is 0. The van der Waals surface area contributed by atoms with Gasteiger partial charge in [-0.3, -0.25) is 13.6 Å². The molecule has 0 aliphatic rings. The lowest BCUT2D eigenvalue weighted by Crippen LogP contribution is -2.06. The third-order valence-corrected chi connectivity index (χ3v) is 7.62. The van der Waals surface area contributed by atoms with Crippen LogP contribution in [-0.2, 0) is 18.1 Å². The minimum Gasteiger partial charge on any atom is -0.287 e. The van der Waals surface area contributed by atoms with E-state index in [9.17, 15) is 4.57 Å². The van der Waals surface area contributed by atoms with Crippen molar-refractivity contribution in [3.8, 4) is 0 Å². The first-order valence-corrected chi connectivity index (χ1v) is 15.8. The molecule has 0 saturated carbocycles. The second kappa shape index (κ2) is 24.6. The molecule has 0 rings (SSSR count). The van der Waals surface area contributed by atoms with Gasteiger partial charge in [0.2, 0.25) is 0 Å². The number of thiol groups is 1. The van der Waals surface area contributed by atoms with E-state index in [1.807, 2.05) is 0 Å². The van der Waals surface area contributed by atoms with Crippen molar-refractivity contribution >= 4 is 20.5 Å². The van der Waals surface area contributed by atoms with Gasteiger partial charge >= 0.3 is 7.82 Å². The molecule has 0 saturated heterocycles. The standard InChI is InChI=1S/C26H55O4PS/c1-4-6-8-10-12-14-16-18-20-22-24-28-31(27,30-26(3)32)29-25-23-21-19-17-15-13-11-9-7-5-2/h26,32H,4-25H2,1-3H3. The summed E-state index contributed by atoms with van der Waals surface area (Å²) in [6, 6.07) is 0. The molecule has 0 aliphatic carbocycles. The van der Waals surface area contributed by atoms with Crippen molar-refractivity contribution in [1.82, 2.24) is 0 Å². The molecule has 4 nitrogen and oxygen atoms in total. The summed E-state index contributed by atoms with van der Waals surface area (Å²) in [5.41, 5.74) is -0.471. The molecule has 0 aromatic rings. The predicted molar refractivity (Wildman–Crippen MR) is 143 cm³/mol. The van der Waals surface area contributed by atoms with E-state index in [-0.39, 0.29) is 0 Å². The van der Waals surface area contributed by atoms with Gasteiger partial charge in [-0.05, 0) is 19.8 Å². The van der Waals surface area contributed by atoms with Crippen molar-refractivity contribution in [1.29, 1.82) is 0 Å². The van der Waals surface area contributed by atoms with Gasteiger partial charge in [-0.15, -0.1) is 12.6 Å². The van der Waals surface area contributed by atoms with Gasteiger partial charge in [0, 0.05) is 0 Å². The van der Waals surface area contributed by atoms with Crippen molar-refractivity contribution in [2.75, 3.05) is 13.2 Å². The molecule has 1 unspecified atom stereocenters. The van der Waals surface area contributed by atoms with Crippen LogP contribution in [0.15, 0.2) is 0 Å². The summed E-state index contributed by atoms with van der Waals surface area (Å²) >= 11 is 4.20. The lowest BCUT2D eigenvalue weighted by Gasteiger charge is -2.19. The molecule has 6 heteroatoms. The minimum absolute atomic E-state index is 0.423. The van der Waals surface area contributed by atoms with Crippen LogP contribution in [0.3, 0.4) is 0 Å². The van der Waals surface area contributed by atoms with Gasteiger partial charge in [0.1, 0.15) is 5.44 Å². The Labute approximate surface area is 206 Å². The van der Waals surface area contributed by atoms with Crippen molar-refractivity contribution < 1.29 is 18.1 Å². The SMILES string of the molecule is CCCCCCCCCCCCOP(=O)(OCCCCCCCCCCCC)OC(C)S. The highest BCUT2D eigenvalue weighted by atomic mass is 32.1. The molecule has 0 bridgehead atoms. The molecule has 0 radical (unpaired) electrons. The van der Waals surface area contributed by atoms with Crippen LogP contribution >= 0.6 is 20.5 Å². The maximum absolute atomic E-state index is 12.8. The third-order valence-electron chi connectivity index (χ3n) is 5.78. The molecule has 1 atom stereocenters. The Balaban J connectivity index is 3.73. The van der Waals surface area contributed by atoms with E-state index in [4.69, 9.17) is 13.6 Å². The van der Waals surface area contributed by atoms with E-state index in [2.05, 4.69) is 26.5 Å². The highest BCUT2D eigenvalue weighted by Crippen LogP contribution is 2.51.